The van der Waals surface area contributed by atoms with Crippen molar-refractivity contribution in [3.63, 3.8) is 0 Å². The number of rotatable bonds is 2. The molecule has 1 aliphatic carbocycles. The Kier molecular flexibility index (Phi) is 5.31. The number of amides is 2. The minimum Gasteiger partial charge on any atom is -0.357 e. The highest BCUT2D eigenvalue weighted by Crippen LogP contribution is 2.45. The normalized spacial score (nSPS) is 17.9. The van der Waals surface area contributed by atoms with Gasteiger partial charge < -0.3 is 10.6 Å². The zero-order chi connectivity index (χ0) is 22.2. The van der Waals surface area contributed by atoms with E-state index in [-0.39, 0.29) is 11.8 Å². The van der Waals surface area contributed by atoms with Gasteiger partial charge in [-0.05, 0) is 73.5 Å². The number of urea groups is 1. The molecule has 0 unspecified atom stereocenters. The van der Waals surface area contributed by atoms with Crippen molar-refractivity contribution in [3.8, 4) is 0 Å². The Morgan fingerprint density at radius 1 is 1.06 bits per heavy atom. The van der Waals surface area contributed by atoms with Crippen LogP contribution in [0.4, 0.5) is 21.9 Å². The Labute approximate surface area is 191 Å². The number of fused-ring (bicyclic) bond motifs is 1. The van der Waals surface area contributed by atoms with E-state index in [1.165, 1.54) is 0 Å². The molecule has 3 aromatic rings. The van der Waals surface area contributed by atoms with Crippen LogP contribution in [0.1, 0.15) is 41.3 Å². The average molecular weight is 444 g/mol. The minimum absolute atomic E-state index is 0.106. The molecule has 32 heavy (non-hydrogen) atoms. The van der Waals surface area contributed by atoms with E-state index in [9.17, 15) is 9.59 Å². The van der Waals surface area contributed by atoms with Crippen LogP contribution in [-0.4, -0.2) is 11.8 Å². The number of anilines is 3. The van der Waals surface area contributed by atoms with Crippen molar-refractivity contribution in [3.05, 3.63) is 87.3 Å². The van der Waals surface area contributed by atoms with Gasteiger partial charge in [-0.2, -0.15) is 0 Å². The lowest BCUT2D eigenvalue weighted by Crippen LogP contribution is -2.40. The zero-order valence-electron chi connectivity index (χ0n) is 18.1. The first-order valence-electron chi connectivity index (χ1n) is 10.9. The van der Waals surface area contributed by atoms with Gasteiger partial charge >= 0.3 is 6.03 Å². The topological polar surface area (TPSA) is 61.4 Å². The highest BCUT2D eigenvalue weighted by atomic mass is 32.1. The fraction of sp³-hybridized carbons (Fsp3) is 0.231. The molecule has 6 heteroatoms. The molecule has 2 aromatic carbocycles. The van der Waals surface area contributed by atoms with Crippen molar-refractivity contribution in [2.24, 2.45) is 0 Å². The van der Waals surface area contributed by atoms with Gasteiger partial charge in [0.15, 0.2) is 5.78 Å². The van der Waals surface area contributed by atoms with E-state index < -0.39 is 6.04 Å². The van der Waals surface area contributed by atoms with Crippen molar-refractivity contribution in [2.75, 3.05) is 15.5 Å². The molecule has 2 amide bonds. The van der Waals surface area contributed by atoms with E-state index in [4.69, 9.17) is 0 Å². The van der Waals surface area contributed by atoms with Gasteiger partial charge in [-0.25, -0.2) is 4.79 Å². The number of hydrogen-bond acceptors (Lipinski definition) is 4. The van der Waals surface area contributed by atoms with Gasteiger partial charge in [0.2, 0.25) is 0 Å². The lowest BCUT2D eigenvalue weighted by molar-refractivity contribution is -0.116. The van der Waals surface area contributed by atoms with E-state index in [1.54, 1.807) is 16.2 Å². The summed E-state index contributed by atoms with van der Waals surface area (Å²) in [5.41, 5.74) is 6.14. The van der Waals surface area contributed by atoms with Crippen molar-refractivity contribution >= 4 is 40.2 Å². The molecular weight excluding hydrogens is 418 g/mol. The molecule has 0 bridgehead atoms. The summed E-state index contributed by atoms with van der Waals surface area (Å²) in [4.78, 5) is 29.8. The van der Waals surface area contributed by atoms with E-state index in [0.717, 1.165) is 51.6 Å². The van der Waals surface area contributed by atoms with Gasteiger partial charge in [0.25, 0.3) is 0 Å². The molecule has 1 aromatic heterocycles. The maximum atomic E-state index is 13.9. The number of ketones is 1. The van der Waals surface area contributed by atoms with Crippen LogP contribution < -0.4 is 15.5 Å². The van der Waals surface area contributed by atoms with Gasteiger partial charge in [0.05, 0.1) is 11.4 Å². The summed E-state index contributed by atoms with van der Waals surface area (Å²) in [7, 11) is 0. The summed E-state index contributed by atoms with van der Waals surface area (Å²) in [5, 5.41) is 8.58. The monoisotopic (exact) mass is 443 g/mol. The molecule has 0 spiro atoms. The Bertz CT molecular complexity index is 1210. The number of carbonyl (C=O) groups excluding carboxylic acids is 2. The fourth-order valence-corrected chi connectivity index (χ4v) is 5.53. The number of nitrogens with one attached hydrogen (secondary N) is 2. The number of aryl methyl sites for hydroxylation is 2. The van der Waals surface area contributed by atoms with Crippen molar-refractivity contribution in [1.82, 2.24) is 0 Å². The summed E-state index contributed by atoms with van der Waals surface area (Å²) in [6.07, 6.45) is 2.12. The summed E-state index contributed by atoms with van der Waals surface area (Å²) in [5.74, 6) is 0.106. The van der Waals surface area contributed by atoms with Gasteiger partial charge in [-0.3, -0.25) is 9.69 Å². The van der Waals surface area contributed by atoms with Crippen LogP contribution in [-0.2, 0) is 4.79 Å². The molecule has 0 saturated carbocycles. The summed E-state index contributed by atoms with van der Waals surface area (Å²) >= 11 is 1.57. The third-order valence-corrected chi connectivity index (χ3v) is 6.87. The molecule has 0 saturated heterocycles. The number of nitrogens with zero attached hydrogens (tertiary/aromatic N) is 1. The number of allylic oxidation sites excluding steroid dienone is 1. The number of para-hydroxylation sites is 2. The van der Waals surface area contributed by atoms with E-state index in [0.29, 0.717) is 12.0 Å². The number of Topliss-reactive ketones (excluding diaryl/α,β-unsaturated/α-hetero) is 1. The molecule has 5 rings (SSSR count). The SMILES string of the molecule is Cc1cc(C)cc(NC(=O)N2c3ccccc3NC3=C(C(=O)CCC3)[C@H]2c2cccs2)c1. The number of thiophene rings is 1. The number of benzene rings is 2. The molecule has 1 atom stereocenters. The van der Waals surface area contributed by atoms with Crippen LogP contribution in [0.15, 0.2) is 71.2 Å². The van der Waals surface area contributed by atoms with Crippen LogP contribution in [0.5, 0.6) is 0 Å². The third-order valence-electron chi connectivity index (χ3n) is 5.94. The number of carbonyl (C=O) groups is 2. The first-order valence-corrected chi connectivity index (χ1v) is 11.7. The Morgan fingerprint density at radius 3 is 2.59 bits per heavy atom. The first kappa shape index (κ1) is 20.5. The molecule has 162 valence electrons. The predicted molar refractivity (Wildman–Crippen MR) is 130 cm³/mol. The summed E-state index contributed by atoms with van der Waals surface area (Å²) in [6.45, 7) is 4.03. The standard InChI is InChI=1S/C26H25N3O2S/c1-16-13-17(2)15-18(14-16)27-26(31)29-21-9-4-3-7-19(21)28-20-8-5-10-22(30)24(20)25(29)23-11-6-12-32-23/h3-4,6-7,9,11-15,25,28H,5,8,10H2,1-2H3,(H,27,31)/t25-/m1/s1. The van der Waals surface area contributed by atoms with E-state index in [1.807, 2.05) is 67.8 Å². The van der Waals surface area contributed by atoms with Gasteiger partial charge in [0, 0.05) is 28.3 Å². The molecule has 0 fully saturated rings. The zero-order valence-corrected chi connectivity index (χ0v) is 19.0. The fourth-order valence-electron chi connectivity index (χ4n) is 4.70. The molecule has 2 heterocycles. The quantitative estimate of drug-likeness (QED) is 0.470. The second kappa shape index (κ2) is 8.28. The molecule has 2 aliphatic rings. The van der Waals surface area contributed by atoms with Gasteiger partial charge in [-0.15, -0.1) is 11.3 Å². The molecule has 2 N–H and O–H groups in total. The van der Waals surface area contributed by atoms with E-state index in [2.05, 4.69) is 16.7 Å². The van der Waals surface area contributed by atoms with Crippen molar-refractivity contribution < 1.29 is 9.59 Å². The van der Waals surface area contributed by atoms with Gasteiger partial charge in [-0.1, -0.05) is 24.3 Å². The van der Waals surface area contributed by atoms with Crippen LogP contribution >= 0.6 is 11.3 Å². The van der Waals surface area contributed by atoms with E-state index >= 15 is 0 Å². The number of hydrogen-bond donors (Lipinski definition) is 2. The Balaban J connectivity index is 1.67. The van der Waals surface area contributed by atoms with Crippen molar-refractivity contribution in [1.29, 1.82) is 0 Å². The largest absolute Gasteiger partial charge is 0.357 e. The molecule has 1 aliphatic heterocycles. The maximum Gasteiger partial charge on any atom is 0.327 e. The third kappa shape index (κ3) is 3.71. The second-order valence-electron chi connectivity index (χ2n) is 8.41. The predicted octanol–water partition coefficient (Wildman–Crippen LogP) is 6.58. The summed E-state index contributed by atoms with van der Waals surface area (Å²) in [6, 6.07) is 17.0. The smallest absolute Gasteiger partial charge is 0.327 e. The van der Waals surface area contributed by atoms with Gasteiger partial charge in [0.1, 0.15) is 6.04 Å². The molecule has 5 nitrogen and oxygen atoms in total. The van der Waals surface area contributed by atoms with Crippen LogP contribution in [0.2, 0.25) is 0 Å². The lowest BCUT2D eigenvalue weighted by Gasteiger charge is -2.33. The van der Waals surface area contributed by atoms with Crippen LogP contribution in [0.25, 0.3) is 0 Å². The second-order valence-corrected chi connectivity index (χ2v) is 9.38. The first-order chi connectivity index (χ1) is 15.5. The van der Waals surface area contributed by atoms with Crippen LogP contribution in [0.3, 0.4) is 0 Å². The van der Waals surface area contributed by atoms with Crippen LogP contribution in [0, 0.1) is 13.8 Å². The Hall–Kier alpha value is -3.38. The highest BCUT2D eigenvalue weighted by molar-refractivity contribution is 7.10. The minimum atomic E-state index is -0.472. The highest BCUT2D eigenvalue weighted by Gasteiger charge is 2.40. The Morgan fingerprint density at radius 2 is 1.84 bits per heavy atom. The lowest BCUT2D eigenvalue weighted by atomic mass is 9.88. The molecular formula is C26H25N3O2S. The maximum absolute atomic E-state index is 13.9. The average Bonchev–Trinajstić information content (AvgIpc) is 3.22. The molecule has 0 radical (unpaired) electrons. The summed E-state index contributed by atoms with van der Waals surface area (Å²) < 4.78 is 0. The van der Waals surface area contributed by atoms with Crippen molar-refractivity contribution in [2.45, 2.75) is 39.2 Å².